The molecule has 0 unspecified atom stereocenters. The Labute approximate surface area is 158 Å². The average molecular weight is 400 g/mol. The van der Waals surface area contributed by atoms with Crippen LogP contribution in [0.2, 0.25) is 5.02 Å². The molecule has 0 radical (unpaired) electrons. The number of hydrogen-bond donors (Lipinski definition) is 2. The Balaban J connectivity index is 2.16. The predicted molar refractivity (Wildman–Crippen MR) is 101 cm³/mol. The number of ether oxygens (including phenoxy) is 1. The largest absolute Gasteiger partial charge is 0.492 e. The molecule has 0 aliphatic carbocycles. The van der Waals surface area contributed by atoms with Crippen molar-refractivity contribution in [3.63, 3.8) is 0 Å². The minimum atomic E-state index is -3.62. The molecule has 1 aromatic carbocycles. The molecule has 0 saturated heterocycles. The van der Waals surface area contributed by atoms with Gasteiger partial charge in [-0.25, -0.2) is 13.1 Å². The van der Waals surface area contributed by atoms with Crippen molar-refractivity contribution in [2.45, 2.75) is 18.7 Å². The smallest absolute Gasteiger partial charge is 0.272 e. The lowest BCUT2D eigenvalue weighted by Gasteiger charge is -2.12. The highest BCUT2D eigenvalue weighted by molar-refractivity contribution is 7.89. The van der Waals surface area contributed by atoms with E-state index in [0.717, 1.165) is 0 Å². The number of carbonyl (C=O) groups excluding carboxylic acids is 1. The summed E-state index contributed by atoms with van der Waals surface area (Å²) in [6.45, 7) is 4.60. The summed E-state index contributed by atoms with van der Waals surface area (Å²) in [5.74, 6) is 0.461. The van der Waals surface area contributed by atoms with Crippen LogP contribution in [0.15, 0.2) is 35.4 Å². The quantitative estimate of drug-likeness (QED) is 0.749. The van der Waals surface area contributed by atoms with Crippen LogP contribution in [0, 0.1) is 5.92 Å². The Hall–Kier alpha value is -2.03. The van der Waals surface area contributed by atoms with E-state index in [9.17, 15) is 13.2 Å². The van der Waals surface area contributed by atoms with Gasteiger partial charge in [-0.2, -0.15) is 0 Å². The van der Waals surface area contributed by atoms with Crippen LogP contribution < -0.4 is 14.8 Å². The van der Waals surface area contributed by atoms with Crippen molar-refractivity contribution < 1.29 is 17.9 Å². The van der Waals surface area contributed by atoms with E-state index in [1.54, 1.807) is 25.2 Å². The van der Waals surface area contributed by atoms with Crippen molar-refractivity contribution >= 4 is 33.2 Å². The van der Waals surface area contributed by atoms with Gasteiger partial charge in [0.05, 0.1) is 11.6 Å². The zero-order valence-corrected chi connectivity index (χ0v) is 16.6. The molecule has 0 aliphatic rings. The van der Waals surface area contributed by atoms with Crippen LogP contribution in [0.3, 0.4) is 0 Å². The summed E-state index contributed by atoms with van der Waals surface area (Å²) < 4.78 is 33.0. The fraction of sp³-hybridized carbons (Fsp3) is 0.353. The van der Waals surface area contributed by atoms with E-state index in [1.807, 2.05) is 13.8 Å². The molecule has 9 heteroatoms. The number of halogens is 1. The number of nitrogens with zero attached hydrogens (tertiary/aromatic N) is 1. The van der Waals surface area contributed by atoms with Gasteiger partial charge < -0.3 is 14.6 Å². The van der Waals surface area contributed by atoms with Gasteiger partial charge in [-0.15, -0.1) is 0 Å². The molecule has 2 N–H and O–H groups in total. The first-order valence-electron chi connectivity index (χ1n) is 7.97. The van der Waals surface area contributed by atoms with E-state index < -0.39 is 15.9 Å². The maximum absolute atomic E-state index is 12.5. The molecule has 0 bridgehead atoms. The highest BCUT2D eigenvalue weighted by Gasteiger charge is 2.19. The molecule has 0 aliphatic heterocycles. The number of aryl methyl sites for hydroxylation is 1. The monoisotopic (exact) mass is 399 g/mol. The lowest BCUT2D eigenvalue weighted by molar-refractivity contribution is 0.101. The van der Waals surface area contributed by atoms with Crippen molar-refractivity contribution in [2.75, 3.05) is 19.0 Å². The predicted octanol–water partition coefficient (Wildman–Crippen LogP) is 2.87. The third-order valence-electron chi connectivity index (χ3n) is 3.55. The van der Waals surface area contributed by atoms with Crippen LogP contribution in [0.1, 0.15) is 24.3 Å². The van der Waals surface area contributed by atoms with Crippen LogP contribution in [-0.2, 0) is 17.1 Å². The van der Waals surface area contributed by atoms with Gasteiger partial charge in [-0.05, 0) is 37.2 Å². The molecule has 0 fully saturated rings. The summed E-state index contributed by atoms with van der Waals surface area (Å²) in [7, 11) is -0.711. The Kier molecular flexibility index (Phi) is 6.33. The normalized spacial score (nSPS) is 11.6. The van der Waals surface area contributed by atoms with Crippen LogP contribution in [0.4, 0.5) is 5.69 Å². The highest BCUT2D eigenvalue weighted by atomic mass is 35.5. The molecule has 2 aromatic rings. The second kappa shape index (κ2) is 8.11. The van der Waals surface area contributed by atoms with Crippen molar-refractivity contribution in [3.05, 3.63) is 41.2 Å². The number of aromatic nitrogens is 1. The maximum Gasteiger partial charge on any atom is 0.272 e. The van der Waals surface area contributed by atoms with E-state index in [-0.39, 0.29) is 10.6 Å². The highest BCUT2D eigenvalue weighted by Crippen LogP contribution is 2.28. The van der Waals surface area contributed by atoms with Crippen molar-refractivity contribution in [3.8, 4) is 5.75 Å². The van der Waals surface area contributed by atoms with Gasteiger partial charge in [0, 0.05) is 18.9 Å². The molecule has 1 aromatic heterocycles. The van der Waals surface area contributed by atoms with E-state index in [1.165, 1.54) is 23.9 Å². The number of amides is 1. The molecule has 1 amide bonds. The first-order chi connectivity index (χ1) is 12.1. The number of anilines is 1. The lowest BCUT2D eigenvalue weighted by atomic mass is 10.2. The maximum atomic E-state index is 12.5. The number of nitrogens with one attached hydrogen (secondary N) is 2. The molecule has 142 valence electrons. The Bertz CT molecular complexity index is 907. The van der Waals surface area contributed by atoms with Gasteiger partial charge in [0.15, 0.2) is 0 Å². The van der Waals surface area contributed by atoms with Gasteiger partial charge in [0.2, 0.25) is 10.0 Å². The van der Waals surface area contributed by atoms with Gasteiger partial charge in [-0.3, -0.25) is 4.79 Å². The first-order valence-corrected chi connectivity index (χ1v) is 9.83. The van der Waals surface area contributed by atoms with Crippen LogP contribution in [0.5, 0.6) is 5.75 Å². The molecule has 0 spiro atoms. The third-order valence-corrected chi connectivity index (χ3v) is 5.23. The Morgan fingerprint density at radius 1 is 1.31 bits per heavy atom. The van der Waals surface area contributed by atoms with E-state index in [2.05, 4.69) is 10.0 Å². The zero-order valence-electron chi connectivity index (χ0n) is 15.0. The third kappa shape index (κ3) is 4.78. The van der Waals surface area contributed by atoms with Crippen molar-refractivity contribution in [2.24, 2.45) is 13.0 Å². The SMILES string of the molecule is CNS(=O)(=O)c1cc(C(=O)Nc2ccc(OCC(C)C)c(Cl)c2)n(C)c1. The summed E-state index contributed by atoms with van der Waals surface area (Å²) in [6, 6.07) is 6.25. The van der Waals surface area contributed by atoms with Crippen molar-refractivity contribution in [1.82, 2.24) is 9.29 Å². The Morgan fingerprint density at radius 2 is 2.00 bits per heavy atom. The van der Waals surface area contributed by atoms with E-state index >= 15 is 0 Å². The number of sulfonamides is 1. The molecule has 0 saturated carbocycles. The number of hydrogen-bond acceptors (Lipinski definition) is 4. The number of benzene rings is 1. The molecule has 0 atom stereocenters. The summed E-state index contributed by atoms with van der Waals surface area (Å²) in [6.07, 6.45) is 1.37. The summed E-state index contributed by atoms with van der Waals surface area (Å²) in [5.41, 5.74) is 0.686. The van der Waals surface area contributed by atoms with Crippen LogP contribution in [0.25, 0.3) is 0 Å². The second-order valence-corrected chi connectivity index (χ2v) is 8.48. The van der Waals surface area contributed by atoms with E-state index in [0.29, 0.717) is 29.0 Å². The lowest BCUT2D eigenvalue weighted by Crippen LogP contribution is -2.18. The standard InChI is InChI=1S/C17H22ClN3O4S/c1-11(2)10-25-16-6-5-12(7-14(16)18)20-17(22)15-8-13(9-21(15)4)26(23,24)19-3/h5-9,11,19H,10H2,1-4H3,(H,20,22). The fourth-order valence-corrected chi connectivity index (χ4v) is 3.21. The van der Waals surface area contributed by atoms with Gasteiger partial charge >= 0.3 is 0 Å². The summed E-state index contributed by atoms with van der Waals surface area (Å²) in [4.78, 5) is 12.5. The van der Waals surface area contributed by atoms with Crippen molar-refractivity contribution in [1.29, 1.82) is 0 Å². The fourth-order valence-electron chi connectivity index (χ4n) is 2.17. The number of rotatable bonds is 7. The molecular weight excluding hydrogens is 378 g/mol. The summed E-state index contributed by atoms with van der Waals surface area (Å²) >= 11 is 6.19. The summed E-state index contributed by atoms with van der Waals surface area (Å²) in [5, 5.41) is 3.08. The van der Waals surface area contributed by atoms with E-state index in [4.69, 9.17) is 16.3 Å². The van der Waals surface area contributed by atoms with Crippen LogP contribution in [-0.4, -0.2) is 32.5 Å². The molecule has 1 heterocycles. The minimum absolute atomic E-state index is 0.0168. The zero-order chi connectivity index (χ0) is 19.5. The minimum Gasteiger partial charge on any atom is -0.492 e. The van der Waals surface area contributed by atoms with Gasteiger partial charge in [-0.1, -0.05) is 25.4 Å². The molecule has 2 rings (SSSR count). The number of carbonyl (C=O) groups is 1. The Morgan fingerprint density at radius 3 is 2.58 bits per heavy atom. The average Bonchev–Trinajstić information content (AvgIpc) is 2.96. The van der Waals surface area contributed by atoms with Crippen LogP contribution >= 0.6 is 11.6 Å². The van der Waals surface area contributed by atoms with Gasteiger partial charge in [0.25, 0.3) is 5.91 Å². The molecule has 7 nitrogen and oxygen atoms in total. The first kappa shape index (κ1) is 20.3. The molecule has 26 heavy (non-hydrogen) atoms. The van der Waals surface area contributed by atoms with Gasteiger partial charge in [0.1, 0.15) is 16.3 Å². The molecular formula is C17H22ClN3O4S. The topological polar surface area (TPSA) is 89.4 Å². The second-order valence-electron chi connectivity index (χ2n) is 6.18.